The Kier molecular flexibility index (Phi) is 4.93. The molecule has 0 spiro atoms. The van der Waals surface area contributed by atoms with Gasteiger partial charge in [0.15, 0.2) is 0 Å². The van der Waals surface area contributed by atoms with Crippen LogP contribution in [-0.4, -0.2) is 30.7 Å². The first-order chi connectivity index (χ1) is 9.24. The first kappa shape index (κ1) is 14.0. The molecule has 3 N–H and O–H groups in total. The molecule has 4 nitrogen and oxygen atoms in total. The number of hydrogen-bond donors (Lipinski definition) is 3. The number of rotatable bonds is 7. The summed E-state index contributed by atoms with van der Waals surface area (Å²) in [6, 6.07) is 8.05. The average Bonchev–Trinajstić information content (AvgIpc) is 3.27. The van der Waals surface area contributed by atoms with Crippen LogP contribution in [0.3, 0.4) is 0 Å². The molecular formula is C15H22N2O2. The minimum Gasteiger partial charge on any atom is -0.396 e. The van der Waals surface area contributed by atoms with Gasteiger partial charge in [0.25, 0.3) is 5.91 Å². The molecule has 1 aliphatic rings. The zero-order chi connectivity index (χ0) is 13.7. The molecule has 1 aromatic carbocycles. The molecule has 1 aliphatic carbocycles. The molecule has 1 fully saturated rings. The third-order valence-electron chi connectivity index (χ3n) is 3.64. The van der Waals surface area contributed by atoms with Crippen LogP contribution < -0.4 is 10.6 Å². The maximum Gasteiger partial charge on any atom is 0.251 e. The Morgan fingerprint density at radius 2 is 2.05 bits per heavy atom. The highest BCUT2D eigenvalue weighted by Gasteiger charge is 2.30. The minimum atomic E-state index is -0.0596. The molecule has 4 heteroatoms. The SMILES string of the molecule is CNC(=O)c1ccc(CNC(CCO)C2CC2)cc1. The van der Waals surface area contributed by atoms with Gasteiger partial charge in [-0.25, -0.2) is 0 Å². The van der Waals surface area contributed by atoms with Crippen LogP contribution in [0.5, 0.6) is 0 Å². The van der Waals surface area contributed by atoms with Gasteiger partial charge in [0, 0.05) is 31.8 Å². The second-order valence-electron chi connectivity index (χ2n) is 5.11. The van der Waals surface area contributed by atoms with E-state index in [9.17, 15) is 4.79 Å². The van der Waals surface area contributed by atoms with Crippen molar-refractivity contribution in [1.82, 2.24) is 10.6 Å². The molecule has 0 saturated heterocycles. The van der Waals surface area contributed by atoms with Crippen molar-refractivity contribution in [2.24, 2.45) is 5.92 Å². The molecule has 0 bridgehead atoms. The number of aliphatic hydroxyl groups is 1. The molecule has 104 valence electrons. The molecule has 1 aromatic rings. The lowest BCUT2D eigenvalue weighted by Gasteiger charge is -2.17. The van der Waals surface area contributed by atoms with Crippen molar-refractivity contribution in [2.75, 3.05) is 13.7 Å². The van der Waals surface area contributed by atoms with E-state index in [1.54, 1.807) is 7.05 Å². The number of carbonyl (C=O) groups excluding carboxylic acids is 1. The smallest absolute Gasteiger partial charge is 0.251 e. The number of benzene rings is 1. The van der Waals surface area contributed by atoms with E-state index >= 15 is 0 Å². The fraction of sp³-hybridized carbons (Fsp3) is 0.533. The predicted molar refractivity (Wildman–Crippen MR) is 74.9 cm³/mol. The molecule has 19 heavy (non-hydrogen) atoms. The second-order valence-corrected chi connectivity index (χ2v) is 5.11. The highest BCUT2D eigenvalue weighted by molar-refractivity contribution is 5.93. The Morgan fingerprint density at radius 3 is 2.58 bits per heavy atom. The number of nitrogens with one attached hydrogen (secondary N) is 2. The van der Waals surface area contributed by atoms with Crippen molar-refractivity contribution in [3.8, 4) is 0 Å². The predicted octanol–water partition coefficient (Wildman–Crippen LogP) is 1.30. The first-order valence-electron chi connectivity index (χ1n) is 6.90. The zero-order valence-electron chi connectivity index (χ0n) is 11.4. The Labute approximate surface area is 114 Å². The highest BCUT2D eigenvalue weighted by atomic mass is 16.3. The lowest BCUT2D eigenvalue weighted by Crippen LogP contribution is -2.31. The van der Waals surface area contributed by atoms with Crippen LogP contribution in [0.1, 0.15) is 35.2 Å². The monoisotopic (exact) mass is 262 g/mol. The fourth-order valence-corrected chi connectivity index (χ4v) is 2.31. The Bertz CT molecular complexity index is 413. The van der Waals surface area contributed by atoms with Gasteiger partial charge in [-0.3, -0.25) is 4.79 Å². The summed E-state index contributed by atoms with van der Waals surface area (Å²) in [7, 11) is 1.63. The maximum atomic E-state index is 11.4. The van der Waals surface area contributed by atoms with Gasteiger partial charge in [0.05, 0.1) is 0 Å². The van der Waals surface area contributed by atoms with Crippen molar-refractivity contribution in [3.63, 3.8) is 0 Å². The normalized spacial score (nSPS) is 16.1. The summed E-state index contributed by atoms with van der Waals surface area (Å²) in [5.41, 5.74) is 1.84. The molecule has 1 amide bonds. The van der Waals surface area contributed by atoms with E-state index in [4.69, 9.17) is 5.11 Å². The van der Waals surface area contributed by atoms with Gasteiger partial charge >= 0.3 is 0 Å². The van der Waals surface area contributed by atoms with Crippen LogP contribution >= 0.6 is 0 Å². The van der Waals surface area contributed by atoms with Gasteiger partial charge in [-0.2, -0.15) is 0 Å². The molecule has 1 unspecified atom stereocenters. The average molecular weight is 262 g/mol. The third-order valence-corrected chi connectivity index (χ3v) is 3.64. The maximum absolute atomic E-state index is 11.4. The number of carbonyl (C=O) groups is 1. The Hall–Kier alpha value is -1.39. The van der Waals surface area contributed by atoms with Crippen molar-refractivity contribution in [1.29, 1.82) is 0 Å². The summed E-state index contributed by atoms with van der Waals surface area (Å²) in [5.74, 6) is 0.674. The van der Waals surface area contributed by atoms with Crippen molar-refractivity contribution >= 4 is 5.91 Å². The third kappa shape index (κ3) is 4.04. The first-order valence-corrected chi connectivity index (χ1v) is 6.90. The van der Waals surface area contributed by atoms with Gasteiger partial charge in [-0.1, -0.05) is 12.1 Å². The standard InChI is InChI=1S/C15H22N2O2/c1-16-15(19)13-4-2-11(3-5-13)10-17-14(8-9-18)12-6-7-12/h2-5,12,14,17-18H,6-10H2,1H3,(H,16,19). The number of aliphatic hydroxyl groups excluding tert-OH is 1. The summed E-state index contributed by atoms with van der Waals surface area (Å²) < 4.78 is 0. The van der Waals surface area contributed by atoms with Crippen LogP contribution in [0, 0.1) is 5.92 Å². The topological polar surface area (TPSA) is 61.4 Å². The van der Waals surface area contributed by atoms with Gasteiger partial charge in [-0.05, 0) is 42.9 Å². The molecular weight excluding hydrogens is 240 g/mol. The Balaban J connectivity index is 1.86. The van der Waals surface area contributed by atoms with Gasteiger partial charge in [0.2, 0.25) is 0 Å². The largest absolute Gasteiger partial charge is 0.396 e. The van der Waals surface area contributed by atoms with Gasteiger partial charge in [0.1, 0.15) is 0 Å². The van der Waals surface area contributed by atoms with Crippen molar-refractivity contribution < 1.29 is 9.90 Å². The second kappa shape index (κ2) is 6.68. The van der Waals surface area contributed by atoms with Crippen LogP contribution in [0.2, 0.25) is 0 Å². The van der Waals surface area contributed by atoms with Crippen LogP contribution in [0.4, 0.5) is 0 Å². The molecule has 0 heterocycles. The van der Waals surface area contributed by atoms with E-state index in [0.717, 1.165) is 24.4 Å². The summed E-state index contributed by atoms with van der Waals surface area (Å²) in [6.45, 7) is 1.03. The molecule has 2 rings (SSSR count). The van der Waals surface area contributed by atoms with Gasteiger partial charge < -0.3 is 15.7 Å². The lowest BCUT2D eigenvalue weighted by atomic mass is 10.1. The molecule has 1 saturated carbocycles. The van der Waals surface area contributed by atoms with E-state index in [1.807, 2.05) is 24.3 Å². The molecule has 0 aliphatic heterocycles. The van der Waals surface area contributed by atoms with E-state index in [1.165, 1.54) is 12.8 Å². The van der Waals surface area contributed by atoms with E-state index < -0.39 is 0 Å². The molecule has 1 atom stereocenters. The zero-order valence-corrected chi connectivity index (χ0v) is 11.4. The summed E-state index contributed by atoms with van der Waals surface area (Å²) in [4.78, 5) is 11.4. The van der Waals surface area contributed by atoms with E-state index in [-0.39, 0.29) is 12.5 Å². The summed E-state index contributed by atoms with van der Waals surface area (Å²) >= 11 is 0. The molecule has 0 aromatic heterocycles. The molecule has 0 radical (unpaired) electrons. The van der Waals surface area contributed by atoms with Crippen molar-refractivity contribution in [2.45, 2.75) is 31.8 Å². The Morgan fingerprint density at radius 1 is 1.37 bits per heavy atom. The minimum absolute atomic E-state index is 0.0596. The van der Waals surface area contributed by atoms with Crippen LogP contribution in [0.25, 0.3) is 0 Å². The van der Waals surface area contributed by atoms with E-state index in [0.29, 0.717) is 11.6 Å². The highest BCUT2D eigenvalue weighted by Crippen LogP contribution is 2.34. The lowest BCUT2D eigenvalue weighted by molar-refractivity contribution is 0.0963. The quantitative estimate of drug-likeness (QED) is 0.694. The fourth-order valence-electron chi connectivity index (χ4n) is 2.31. The van der Waals surface area contributed by atoms with Crippen molar-refractivity contribution in [3.05, 3.63) is 35.4 Å². The summed E-state index contributed by atoms with van der Waals surface area (Å²) in [5, 5.41) is 15.2. The van der Waals surface area contributed by atoms with Gasteiger partial charge in [-0.15, -0.1) is 0 Å². The summed E-state index contributed by atoms with van der Waals surface area (Å²) in [6.07, 6.45) is 3.36. The number of amides is 1. The number of hydrogen-bond acceptors (Lipinski definition) is 3. The van der Waals surface area contributed by atoms with Crippen LogP contribution in [0.15, 0.2) is 24.3 Å². The van der Waals surface area contributed by atoms with Crippen LogP contribution in [-0.2, 0) is 6.54 Å². The van der Waals surface area contributed by atoms with E-state index in [2.05, 4.69) is 10.6 Å².